The molecular weight excluding hydrogens is 212 g/mol. The van der Waals surface area contributed by atoms with Crippen LogP contribution in [0.1, 0.15) is 53.4 Å². The molecule has 17 heavy (non-hydrogen) atoms. The molecule has 2 heteroatoms. The zero-order valence-electron chi connectivity index (χ0n) is 11.3. The normalized spacial score (nSPS) is 20.9. The first-order valence-electron chi connectivity index (χ1n) is 6.29. The molecule has 0 fully saturated rings. The Morgan fingerprint density at radius 1 is 1.35 bits per heavy atom. The van der Waals surface area contributed by atoms with E-state index >= 15 is 0 Å². The van der Waals surface area contributed by atoms with Crippen LogP contribution in [0.5, 0.6) is 0 Å². The van der Waals surface area contributed by atoms with Gasteiger partial charge in [-0.15, -0.1) is 0 Å². The number of allylic oxidation sites excluding steroid dienone is 4. The summed E-state index contributed by atoms with van der Waals surface area (Å²) in [6, 6.07) is 0. The summed E-state index contributed by atoms with van der Waals surface area (Å²) in [5.74, 6) is 0.765. The Hall–Kier alpha value is -1.18. The van der Waals surface area contributed by atoms with E-state index in [0.29, 0.717) is 12.8 Å². The van der Waals surface area contributed by atoms with Gasteiger partial charge in [-0.2, -0.15) is 0 Å². The number of Topliss-reactive ketones (excluding diaryl/α,β-unsaturated/α-hetero) is 2. The van der Waals surface area contributed by atoms with Gasteiger partial charge in [-0.3, -0.25) is 4.79 Å². The monoisotopic (exact) mass is 234 g/mol. The molecule has 0 bridgehead atoms. The van der Waals surface area contributed by atoms with Crippen LogP contribution in [0, 0.1) is 5.92 Å². The molecule has 0 aliphatic heterocycles. The summed E-state index contributed by atoms with van der Waals surface area (Å²) in [5, 5.41) is 0. The second kappa shape index (κ2) is 5.95. The fraction of sp³-hybridized carbons (Fsp3) is 0.600. The summed E-state index contributed by atoms with van der Waals surface area (Å²) in [5.41, 5.74) is 3.34. The van der Waals surface area contributed by atoms with E-state index in [0.717, 1.165) is 24.0 Å². The van der Waals surface area contributed by atoms with Gasteiger partial charge >= 0.3 is 0 Å². The number of carbonyl (C=O) groups excluding carboxylic acids is 2. The van der Waals surface area contributed by atoms with Crippen molar-refractivity contribution in [2.45, 2.75) is 53.4 Å². The van der Waals surface area contributed by atoms with Crippen LogP contribution in [-0.4, -0.2) is 11.6 Å². The van der Waals surface area contributed by atoms with Crippen LogP contribution in [0.15, 0.2) is 22.8 Å². The molecule has 94 valence electrons. The molecule has 1 atom stereocenters. The predicted molar refractivity (Wildman–Crippen MR) is 69.8 cm³/mol. The Morgan fingerprint density at radius 3 is 2.53 bits per heavy atom. The van der Waals surface area contributed by atoms with Crippen LogP contribution in [0.2, 0.25) is 0 Å². The van der Waals surface area contributed by atoms with Crippen molar-refractivity contribution in [3.63, 3.8) is 0 Å². The summed E-state index contributed by atoms with van der Waals surface area (Å²) >= 11 is 0. The van der Waals surface area contributed by atoms with Crippen molar-refractivity contribution in [3.8, 4) is 0 Å². The summed E-state index contributed by atoms with van der Waals surface area (Å²) in [6.07, 6.45) is 4.87. The summed E-state index contributed by atoms with van der Waals surface area (Å²) in [7, 11) is 0. The average molecular weight is 234 g/mol. The molecule has 1 aliphatic carbocycles. The maximum Gasteiger partial charge on any atom is 0.159 e. The highest BCUT2D eigenvalue weighted by atomic mass is 16.1. The van der Waals surface area contributed by atoms with Crippen molar-refractivity contribution in [2.75, 3.05) is 0 Å². The Kier molecular flexibility index (Phi) is 4.86. The van der Waals surface area contributed by atoms with E-state index in [9.17, 15) is 9.59 Å². The van der Waals surface area contributed by atoms with Gasteiger partial charge in [0.15, 0.2) is 5.78 Å². The fourth-order valence-electron chi connectivity index (χ4n) is 2.23. The maximum atomic E-state index is 12.0. The molecule has 0 heterocycles. The number of hydrogen-bond donors (Lipinski definition) is 0. The van der Waals surface area contributed by atoms with Crippen LogP contribution < -0.4 is 0 Å². The Morgan fingerprint density at radius 2 is 2.00 bits per heavy atom. The Balaban J connectivity index is 2.83. The number of rotatable bonds is 3. The van der Waals surface area contributed by atoms with E-state index in [2.05, 4.69) is 13.0 Å². The van der Waals surface area contributed by atoms with Crippen molar-refractivity contribution in [3.05, 3.63) is 22.8 Å². The van der Waals surface area contributed by atoms with Gasteiger partial charge in [0, 0.05) is 12.8 Å². The standard InChI is InChI=1S/C15H22O2/c1-10(2)14-8-7-13(6-5-12(4)16)11(3)9-15(14)17/h7,11H,5-6,8-9H2,1-4H3. The highest BCUT2D eigenvalue weighted by molar-refractivity contribution is 5.97. The predicted octanol–water partition coefficient (Wildman–Crippen LogP) is 3.62. The smallest absolute Gasteiger partial charge is 0.159 e. The van der Waals surface area contributed by atoms with E-state index < -0.39 is 0 Å². The van der Waals surface area contributed by atoms with Crippen LogP contribution in [0.4, 0.5) is 0 Å². The Labute approximate surface area is 104 Å². The third-order valence-corrected chi connectivity index (χ3v) is 3.40. The first-order valence-corrected chi connectivity index (χ1v) is 6.29. The maximum absolute atomic E-state index is 12.0. The van der Waals surface area contributed by atoms with Gasteiger partial charge in [0.25, 0.3) is 0 Å². The van der Waals surface area contributed by atoms with Gasteiger partial charge in [0.05, 0.1) is 0 Å². The largest absolute Gasteiger partial charge is 0.300 e. The molecule has 1 aliphatic rings. The second-order valence-corrected chi connectivity index (χ2v) is 5.19. The lowest BCUT2D eigenvalue weighted by molar-refractivity contribution is -0.117. The third kappa shape index (κ3) is 3.95. The van der Waals surface area contributed by atoms with Crippen molar-refractivity contribution < 1.29 is 9.59 Å². The zero-order valence-corrected chi connectivity index (χ0v) is 11.3. The minimum absolute atomic E-state index is 0.219. The first kappa shape index (κ1) is 13.9. The molecule has 1 rings (SSSR count). The minimum Gasteiger partial charge on any atom is -0.300 e. The van der Waals surface area contributed by atoms with Crippen molar-refractivity contribution >= 4 is 11.6 Å². The van der Waals surface area contributed by atoms with Gasteiger partial charge in [-0.1, -0.05) is 24.1 Å². The van der Waals surface area contributed by atoms with Gasteiger partial charge in [-0.05, 0) is 45.1 Å². The summed E-state index contributed by atoms with van der Waals surface area (Å²) in [4.78, 5) is 23.0. The lowest BCUT2D eigenvalue weighted by Gasteiger charge is -2.12. The number of carbonyl (C=O) groups is 2. The van der Waals surface area contributed by atoms with Crippen molar-refractivity contribution in [2.24, 2.45) is 5.92 Å². The molecule has 1 unspecified atom stereocenters. The molecule has 0 N–H and O–H groups in total. The Bertz CT molecular complexity index is 382. The topological polar surface area (TPSA) is 34.1 Å². The molecular formula is C15H22O2. The lowest BCUT2D eigenvalue weighted by atomic mass is 9.92. The third-order valence-electron chi connectivity index (χ3n) is 3.40. The highest BCUT2D eigenvalue weighted by Gasteiger charge is 2.21. The molecule has 0 aromatic rings. The van der Waals surface area contributed by atoms with E-state index in [1.807, 2.05) is 13.8 Å². The summed E-state index contributed by atoms with van der Waals surface area (Å²) < 4.78 is 0. The number of hydrogen-bond acceptors (Lipinski definition) is 2. The molecule has 0 aromatic heterocycles. The van der Waals surface area contributed by atoms with Crippen molar-refractivity contribution in [1.29, 1.82) is 0 Å². The van der Waals surface area contributed by atoms with Crippen molar-refractivity contribution in [1.82, 2.24) is 0 Å². The van der Waals surface area contributed by atoms with E-state index in [1.54, 1.807) is 6.92 Å². The molecule has 0 saturated heterocycles. The van der Waals surface area contributed by atoms with Gasteiger partial charge in [0.1, 0.15) is 5.78 Å². The summed E-state index contributed by atoms with van der Waals surface area (Å²) in [6.45, 7) is 7.69. The lowest BCUT2D eigenvalue weighted by Crippen LogP contribution is -2.08. The van der Waals surface area contributed by atoms with E-state index in [1.165, 1.54) is 5.57 Å². The molecule has 0 saturated carbocycles. The average Bonchev–Trinajstić information content (AvgIpc) is 2.34. The van der Waals surface area contributed by atoms with Gasteiger partial charge < -0.3 is 4.79 Å². The van der Waals surface area contributed by atoms with Crippen LogP contribution in [0.3, 0.4) is 0 Å². The zero-order chi connectivity index (χ0) is 13.0. The van der Waals surface area contributed by atoms with E-state index in [4.69, 9.17) is 0 Å². The molecule has 0 amide bonds. The van der Waals surface area contributed by atoms with Gasteiger partial charge in [-0.25, -0.2) is 0 Å². The second-order valence-electron chi connectivity index (χ2n) is 5.19. The SMILES string of the molecule is CC(=O)CCC1=CCC(=C(C)C)C(=O)CC1C. The van der Waals surface area contributed by atoms with Gasteiger partial charge in [0.2, 0.25) is 0 Å². The molecule has 0 spiro atoms. The molecule has 2 nitrogen and oxygen atoms in total. The fourth-order valence-corrected chi connectivity index (χ4v) is 2.23. The quantitative estimate of drug-likeness (QED) is 0.552. The van der Waals surface area contributed by atoms with Crippen LogP contribution in [-0.2, 0) is 9.59 Å². The first-order chi connectivity index (χ1) is 7.91. The number of ketones is 2. The molecule has 0 radical (unpaired) electrons. The molecule has 0 aromatic carbocycles. The van der Waals surface area contributed by atoms with Crippen LogP contribution in [0.25, 0.3) is 0 Å². The highest BCUT2D eigenvalue weighted by Crippen LogP contribution is 2.28. The van der Waals surface area contributed by atoms with Crippen LogP contribution >= 0.6 is 0 Å². The minimum atomic E-state index is 0.219. The van der Waals surface area contributed by atoms with E-state index in [-0.39, 0.29) is 17.5 Å².